The van der Waals surface area contributed by atoms with Gasteiger partial charge in [-0.1, -0.05) is 29.8 Å². The van der Waals surface area contributed by atoms with Crippen LogP contribution in [0.2, 0.25) is 5.02 Å². The molecule has 1 aliphatic rings. The molecule has 166 valence electrons. The van der Waals surface area contributed by atoms with Gasteiger partial charge in [0.2, 0.25) is 0 Å². The van der Waals surface area contributed by atoms with Gasteiger partial charge in [-0.2, -0.15) is 5.10 Å². The number of aromatic nitrogens is 5. The zero-order chi connectivity index (χ0) is 23.4. The predicted molar refractivity (Wildman–Crippen MR) is 133 cm³/mol. The molecular formula is C26H19ClN6O. The van der Waals surface area contributed by atoms with E-state index >= 15 is 0 Å². The number of fused-ring (bicyclic) bond motifs is 2. The third kappa shape index (κ3) is 3.29. The minimum atomic E-state index is -0.123. The number of carbonyl (C=O) groups is 1. The van der Waals surface area contributed by atoms with Crippen LogP contribution in [-0.2, 0) is 6.42 Å². The number of pyridine rings is 1. The van der Waals surface area contributed by atoms with E-state index in [0.717, 1.165) is 44.8 Å². The molecule has 5 aromatic rings. The van der Waals surface area contributed by atoms with E-state index < -0.39 is 0 Å². The van der Waals surface area contributed by atoms with Crippen LogP contribution in [0.15, 0.2) is 66.6 Å². The van der Waals surface area contributed by atoms with Crippen molar-refractivity contribution in [3.63, 3.8) is 0 Å². The number of halogens is 1. The Morgan fingerprint density at radius 3 is 2.88 bits per heavy atom. The number of H-pyrrole nitrogens is 1. The predicted octanol–water partition coefficient (Wildman–Crippen LogP) is 5.18. The molecule has 0 spiro atoms. The normalized spacial score (nSPS) is 12.7. The third-order valence-electron chi connectivity index (χ3n) is 6.11. The molecule has 0 radical (unpaired) electrons. The summed E-state index contributed by atoms with van der Waals surface area (Å²) in [6.45, 7) is 1.90. The van der Waals surface area contributed by atoms with Gasteiger partial charge in [-0.3, -0.25) is 9.78 Å². The summed E-state index contributed by atoms with van der Waals surface area (Å²) in [6.07, 6.45) is 7.32. The van der Waals surface area contributed by atoms with E-state index in [-0.39, 0.29) is 5.78 Å². The molecule has 3 N–H and O–H groups in total. The van der Waals surface area contributed by atoms with Gasteiger partial charge in [0.05, 0.1) is 33.5 Å². The number of ketones is 1. The van der Waals surface area contributed by atoms with Crippen LogP contribution in [0.5, 0.6) is 0 Å². The van der Waals surface area contributed by atoms with Crippen molar-refractivity contribution in [3.05, 3.63) is 94.2 Å². The average Bonchev–Trinajstić information content (AvgIpc) is 3.53. The van der Waals surface area contributed by atoms with Gasteiger partial charge in [-0.05, 0) is 54.0 Å². The maximum Gasteiger partial charge on any atom is 0.194 e. The third-order valence-corrected chi connectivity index (χ3v) is 6.41. The van der Waals surface area contributed by atoms with Crippen LogP contribution >= 0.6 is 11.6 Å². The SMILES string of the molecule is Cc1nc2ccc(-n3ncc(C(=O)C4=Cc5ccc(-c6ccncc6Cl)cc5C4)c3N)cc2[nH]1. The highest BCUT2D eigenvalue weighted by Gasteiger charge is 2.24. The molecule has 3 aromatic heterocycles. The molecule has 8 heteroatoms. The Hall–Kier alpha value is -4.23. The molecule has 0 atom stereocenters. The van der Waals surface area contributed by atoms with Crippen LogP contribution in [-0.4, -0.2) is 30.5 Å². The second-order valence-electron chi connectivity index (χ2n) is 8.32. The molecule has 0 bridgehead atoms. The van der Waals surface area contributed by atoms with Crippen molar-refractivity contribution < 1.29 is 4.79 Å². The monoisotopic (exact) mass is 466 g/mol. The smallest absolute Gasteiger partial charge is 0.194 e. The highest BCUT2D eigenvalue weighted by atomic mass is 35.5. The fraction of sp³-hybridized carbons (Fsp3) is 0.0769. The lowest BCUT2D eigenvalue weighted by molar-refractivity contribution is 0.103. The number of nitrogen functional groups attached to an aromatic ring is 1. The first-order valence-corrected chi connectivity index (χ1v) is 11.1. The Kier molecular flexibility index (Phi) is 4.60. The summed E-state index contributed by atoms with van der Waals surface area (Å²) >= 11 is 6.31. The van der Waals surface area contributed by atoms with Gasteiger partial charge >= 0.3 is 0 Å². The molecule has 7 nitrogen and oxygen atoms in total. The van der Waals surface area contributed by atoms with E-state index in [0.29, 0.717) is 28.4 Å². The quantitative estimate of drug-likeness (QED) is 0.355. The summed E-state index contributed by atoms with van der Waals surface area (Å²) in [5.41, 5.74) is 13.9. The number of aryl methyl sites for hydroxylation is 1. The van der Waals surface area contributed by atoms with Crippen molar-refractivity contribution in [2.45, 2.75) is 13.3 Å². The van der Waals surface area contributed by atoms with Crippen LogP contribution in [0.3, 0.4) is 0 Å². The van der Waals surface area contributed by atoms with Crippen LogP contribution in [0.1, 0.15) is 27.3 Å². The molecule has 34 heavy (non-hydrogen) atoms. The molecule has 0 aliphatic heterocycles. The Morgan fingerprint density at radius 1 is 1.15 bits per heavy atom. The number of nitrogens with zero attached hydrogens (tertiary/aromatic N) is 4. The zero-order valence-corrected chi connectivity index (χ0v) is 19.0. The number of Topliss-reactive ketones (excluding diaryl/α,β-unsaturated/α-hetero) is 1. The highest BCUT2D eigenvalue weighted by molar-refractivity contribution is 6.33. The number of hydrogen-bond donors (Lipinski definition) is 2. The second-order valence-corrected chi connectivity index (χ2v) is 8.73. The number of anilines is 1. The molecule has 0 amide bonds. The molecular weight excluding hydrogens is 448 g/mol. The van der Waals surface area contributed by atoms with Crippen LogP contribution in [0.25, 0.3) is 33.9 Å². The Labute approximate surface area is 199 Å². The van der Waals surface area contributed by atoms with Crippen molar-refractivity contribution >= 4 is 40.3 Å². The van der Waals surface area contributed by atoms with Crippen LogP contribution in [0.4, 0.5) is 5.82 Å². The van der Waals surface area contributed by atoms with Gasteiger partial charge in [0.1, 0.15) is 11.6 Å². The van der Waals surface area contributed by atoms with E-state index in [9.17, 15) is 4.79 Å². The van der Waals surface area contributed by atoms with Crippen molar-refractivity contribution in [3.8, 4) is 16.8 Å². The first kappa shape index (κ1) is 20.4. The van der Waals surface area contributed by atoms with E-state index in [1.54, 1.807) is 17.1 Å². The topological polar surface area (TPSA) is 102 Å². The number of nitrogens with one attached hydrogen (secondary N) is 1. The Morgan fingerprint density at radius 2 is 2.03 bits per heavy atom. The van der Waals surface area contributed by atoms with Crippen molar-refractivity contribution in [2.24, 2.45) is 0 Å². The highest BCUT2D eigenvalue weighted by Crippen LogP contribution is 2.34. The van der Waals surface area contributed by atoms with Gasteiger partial charge in [-0.15, -0.1) is 0 Å². The zero-order valence-electron chi connectivity index (χ0n) is 18.2. The van der Waals surface area contributed by atoms with Crippen LogP contribution in [0, 0.1) is 6.92 Å². The van der Waals surface area contributed by atoms with Gasteiger partial charge in [-0.25, -0.2) is 9.67 Å². The fourth-order valence-corrected chi connectivity index (χ4v) is 4.66. The maximum atomic E-state index is 13.4. The summed E-state index contributed by atoms with van der Waals surface area (Å²) in [5, 5.41) is 4.98. The molecule has 2 aromatic carbocycles. The number of carbonyl (C=O) groups excluding carboxylic acids is 1. The number of rotatable bonds is 4. The van der Waals surface area contributed by atoms with Gasteiger partial charge < -0.3 is 10.7 Å². The Bertz CT molecular complexity index is 1640. The van der Waals surface area contributed by atoms with E-state index in [4.69, 9.17) is 17.3 Å². The van der Waals surface area contributed by atoms with Crippen molar-refractivity contribution in [2.75, 3.05) is 5.73 Å². The van der Waals surface area contributed by atoms with Gasteiger partial charge in [0, 0.05) is 30.0 Å². The first-order chi connectivity index (χ1) is 16.5. The number of allylic oxidation sites excluding steroid dienone is 1. The summed E-state index contributed by atoms with van der Waals surface area (Å²) in [4.78, 5) is 25.0. The van der Waals surface area contributed by atoms with Crippen LogP contribution < -0.4 is 5.73 Å². The molecule has 0 unspecified atom stereocenters. The molecule has 0 fully saturated rings. The molecule has 6 rings (SSSR count). The lowest BCUT2D eigenvalue weighted by atomic mass is 9.99. The molecule has 0 saturated heterocycles. The lowest BCUT2D eigenvalue weighted by Crippen LogP contribution is -2.08. The van der Waals surface area contributed by atoms with E-state index in [1.807, 2.05) is 49.4 Å². The summed E-state index contributed by atoms with van der Waals surface area (Å²) in [7, 11) is 0. The summed E-state index contributed by atoms with van der Waals surface area (Å²) < 4.78 is 1.58. The fourth-order valence-electron chi connectivity index (χ4n) is 4.43. The number of benzene rings is 2. The maximum absolute atomic E-state index is 13.4. The standard InChI is InChI=1S/C26H19ClN6O/c1-14-31-23-5-4-19(11-24(23)32-14)33-26(28)21(12-30-33)25(34)18-8-15-2-3-16(9-17(15)10-18)20-6-7-29-13-22(20)27/h2-9,11-13H,10,28H2,1H3,(H,31,32). The van der Waals surface area contributed by atoms with Crippen molar-refractivity contribution in [1.82, 2.24) is 24.7 Å². The largest absolute Gasteiger partial charge is 0.383 e. The minimum absolute atomic E-state index is 0.123. The van der Waals surface area contributed by atoms with Gasteiger partial charge in [0.25, 0.3) is 0 Å². The lowest BCUT2D eigenvalue weighted by Gasteiger charge is -2.07. The van der Waals surface area contributed by atoms with Crippen molar-refractivity contribution in [1.29, 1.82) is 0 Å². The molecule has 3 heterocycles. The second kappa shape index (κ2) is 7.67. The molecule has 1 aliphatic carbocycles. The minimum Gasteiger partial charge on any atom is -0.383 e. The number of nitrogens with two attached hydrogens (primary N) is 1. The first-order valence-electron chi connectivity index (χ1n) is 10.8. The number of aromatic amines is 1. The molecule has 0 saturated carbocycles. The average molecular weight is 467 g/mol. The van der Waals surface area contributed by atoms with Gasteiger partial charge in [0.15, 0.2) is 5.78 Å². The summed E-state index contributed by atoms with van der Waals surface area (Å²) in [6, 6.07) is 13.7. The number of hydrogen-bond acceptors (Lipinski definition) is 5. The number of imidazole rings is 1. The Balaban J connectivity index is 1.29. The summed E-state index contributed by atoms with van der Waals surface area (Å²) in [5.74, 6) is 1.02. The van der Waals surface area contributed by atoms with E-state index in [2.05, 4.69) is 26.1 Å². The van der Waals surface area contributed by atoms with E-state index in [1.165, 1.54) is 6.20 Å².